The number of halogens is 1. The Bertz CT molecular complexity index is 1020. The van der Waals surface area contributed by atoms with Crippen molar-refractivity contribution in [1.82, 2.24) is 0 Å². The average molecular weight is 420 g/mol. The molecule has 0 aliphatic rings. The maximum absolute atomic E-state index is 12.4. The summed E-state index contributed by atoms with van der Waals surface area (Å²) in [5, 5.41) is 5.57. The summed E-state index contributed by atoms with van der Waals surface area (Å²) in [5.74, 6) is 0.144. The molecule has 0 radical (unpaired) electrons. The van der Waals surface area contributed by atoms with Crippen molar-refractivity contribution in [2.45, 2.75) is 11.3 Å². The van der Waals surface area contributed by atoms with Crippen LogP contribution < -0.4 is 20.3 Å². The molecule has 0 aromatic heterocycles. The first-order chi connectivity index (χ1) is 12.0. The van der Waals surface area contributed by atoms with Gasteiger partial charge in [0.25, 0.3) is 0 Å². The first kappa shape index (κ1) is 20.3. The van der Waals surface area contributed by atoms with Crippen LogP contribution in [0.5, 0.6) is 5.75 Å². The predicted octanol–water partition coefficient (Wildman–Crippen LogP) is 1.56. The molecule has 0 heterocycles. The summed E-state index contributed by atoms with van der Waals surface area (Å²) in [6, 6.07) is 8.51. The zero-order chi connectivity index (χ0) is 19.5. The Kier molecular flexibility index (Phi) is 6.02. The van der Waals surface area contributed by atoms with Crippen molar-refractivity contribution in [3.8, 4) is 5.75 Å². The molecule has 26 heavy (non-hydrogen) atoms. The van der Waals surface area contributed by atoms with E-state index >= 15 is 0 Å². The van der Waals surface area contributed by atoms with Gasteiger partial charge in [0.1, 0.15) is 10.6 Å². The minimum Gasteiger partial charge on any atom is -0.496 e. The molecular formula is C15H18ClN3O5S2. The Morgan fingerprint density at radius 3 is 2.42 bits per heavy atom. The molecule has 0 spiro atoms. The minimum atomic E-state index is -4.12. The molecule has 0 amide bonds. The zero-order valence-electron chi connectivity index (χ0n) is 13.8. The van der Waals surface area contributed by atoms with Crippen molar-refractivity contribution >= 4 is 43.0 Å². The molecule has 0 aliphatic heterocycles. The lowest BCUT2D eigenvalue weighted by atomic mass is 10.1. The quantitative estimate of drug-likeness (QED) is 0.581. The third kappa shape index (κ3) is 5.24. The molecule has 0 bridgehead atoms. The highest BCUT2D eigenvalue weighted by molar-refractivity contribution is 7.93. The Morgan fingerprint density at radius 2 is 1.81 bits per heavy atom. The molecule has 0 saturated heterocycles. The van der Waals surface area contributed by atoms with Crippen molar-refractivity contribution in [2.24, 2.45) is 5.14 Å². The van der Waals surface area contributed by atoms with Crippen molar-refractivity contribution in [3.63, 3.8) is 0 Å². The highest BCUT2D eigenvalue weighted by Crippen LogP contribution is 2.26. The third-order valence-corrected chi connectivity index (χ3v) is 5.94. The molecule has 2 aromatic rings. The molecule has 2 rings (SSSR count). The van der Waals surface area contributed by atoms with Gasteiger partial charge >= 0.3 is 0 Å². The molecule has 0 aliphatic carbocycles. The summed E-state index contributed by atoms with van der Waals surface area (Å²) in [7, 11) is -6.55. The lowest BCUT2D eigenvalue weighted by Crippen LogP contribution is -2.22. The number of hydrogen-bond donors (Lipinski definition) is 3. The monoisotopic (exact) mass is 419 g/mol. The van der Waals surface area contributed by atoms with Crippen LogP contribution in [0, 0.1) is 0 Å². The van der Waals surface area contributed by atoms with Crippen LogP contribution in [0.1, 0.15) is 5.56 Å². The van der Waals surface area contributed by atoms with Crippen molar-refractivity contribution in [1.29, 1.82) is 0 Å². The molecule has 8 nitrogen and oxygen atoms in total. The lowest BCUT2D eigenvalue weighted by molar-refractivity contribution is 0.410. The van der Waals surface area contributed by atoms with Gasteiger partial charge in [0.05, 0.1) is 18.6 Å². The number of nitrogen functional groups attached to an aromatic ring is 1. The second-order valence-electron chi connectivity index (χ2n) is 5.43. The summed E-state index contributed by atoms with van der Waals surface area (Å²) < 4.78 is 55.4. The second kappa shape index (κ2) is 7.70. The summed E-state index contributed by atoms with van der Waals surface area (Å²) in [6.07, 6.45) is 0.128. The van der Waals surface area contributed by atoms with Gasteiger partial charge in [-0.05, 0) is 42.3 Å². The van der Waals surface area contributed by atoms with Crippen molar-refractivity contribution in [2.75, 3.05) is 23.3 Å². The van der Waals surface area contributed by atoms with Gasteiger partial charge in [0, 0.05) is 10.7 Å². The summed E-state index contributed by atoms with van der Waals surface area (Å²) in [5.41, 5.74) is 6.24. The van der Waals surface area contributed by atoms with Crippen LogP contribution in [0.15, 0.2) is 41.3 Å². The van der Waals surface area contributed by atoms with Gasteiger partial charge in [-0.25, -0.2) is 22.0 Å². The van der Waals surface area contributed by atoms with E-state index in [0.717, 1.165) is 6.07 Å². The van der Waals surface area contributed by atoms with Crippen molar-refractivity contribution in [3.05, 3.63) is 47.0 Å². The van der Waals surface area contributed by atoms with E-state index in [-0.39, 0.29) is 28.4 Å². The van der Waals surface area contributed by atoms with E-state index in [0.29, 0.717) is 16.3 Å². The fourth-order valence-electron chi connectivity index (χ4n) is 2.26. The number of hydrogen-bond acceptors (Lipinski definition) is 6. The molecule has 0 saturated carbocycles. The smallest absolute Gasteiger partial charge is 0.240 e. The first-order valence-electron chi connectivity index (χ1n) is 7.27. The van der Waals surface area contributed by atoms with E-state index in [9.17, 15) is 16.8 Å². The SMILES string of the molecule is COc1cc(Cl)ccc1CCS(=O)(=O)Nc1cc(N)ccc1S(N)(=O)=O. The third-order valence-electron chi connectivity index (χ3n) is 3.46. The highest BCUT2D eigenvalue weighted by atomic mass is 35.5. The number of ether oxygens (including phenoxy) is 1. The Balaban J connectivity index is 2.24. The molecular weight excluding hydrogens is 402 g/mol. The molecule has 142 valence electrons. The standard InChI is InChI=1S/C15H18ClN3O5S2/c1-24-14-8-11(16)3-2-10(14)6-7-25(20,21)19-13-9-12(17)4-5-15(13)26(18,22)23/h2-5,8-9,19H,6-7,17H2,1H3,(H2,18,22,23). The van der Waals surface area contributed by atoms with Crippen LogP contribution in [-0.2, 0) is 26.5 Å². The number of anilines is 2. The van der Waals surface area contributed by atoms with Gasteiger partial charge in [0.15, 0.2) is 0 Å². The number of methoxy groups -OCH3 is 1. The van der Waals surface area contributed by atoms with Gasteiger partial charge in [-0.1, -0.05) is 17.7 Å². The topological polar surface area (TPSA) is 142 Å². The number of nitrogens with one attached hydrogen (secondary N) is 1. The fourth-order valence-corrected chi connectivity index (χ4v) is 4.26. The Morgan fingerprint density at radius 1 is 1.12 bits per heavy atom. The number of sulfonamides is 2. The lowest BCUT2D eigenvalue weighted by Gasteiger charge is -2.13. The van der Waals surface area contributed by atoms with Gasteiger partial charge in [0.2, 0.25) is 20.0 Å². The van der Waals surface area contributed by atoms with E-state index in [1.54, 1.807) is 18.2 Å². The number of nitrogens with two attached hydrogens (primary N) is 2. The van der Waals surface area contributed by atoms with Crippen LogP contribution in [0.2, 0.25) is 5.02 Å². The number of primary sulfonamides is 1. The summed E-state index contributed by atoms with van der Waals surface area (Å²) >= 11 is 5.88. The summed E-state index contributed by atoms with van der Waals surface area (Å²) in [6.45, 7) is 0. The average Bonchev–Trinajstić information content (AvgIpc) is 2.52. The Labute approximate surface area is 157 Å². The highest BCUT2D eigenvalue weighted by Gasteiger charge is 2.19. The van der Waals surface area contributed by atoms with Gasteiger partial charge < -0.3 is 10.5 Å². The van der Waals surface area contributed by atoms with E-state index in [1.807, 2.05) is 0 Å². The molecule has 11 heteroatoms. The molecule has 0 fully saturated rings. The molecule has 2 aromatic carbocycles. The number of rotatable bonds is 7. The Hall–Kier alpha value is -2.01. The van der Waals surface area contributed by atoms with Gasteiger partial charge in [-0.2, -0.15) is 0 Å². The second-order valence-corrected chi connectivity index (χ2v) is 9.24. The van der Waals surface area contributed by atoms with E-state index < -0.39 is 20.0 Å². The van der Waals surface area contributed by atoms with Crippen LogP contribution in [0.4, 0.5) is 11.4 Å². The normalized spacial score (nSPS) is 12.0. The van der Waals surface area contributed by atoms with Gasteiger partial charge in [-0.3, -0.25) is 4.72 Å². The minimum absolute atomic E-state index is 0.128. The number of benzene rings is 2. The van der Waals surface area contributed by atoms with Gasteiger partial charge in [-0.15, -0.1) is 0 Å². The summed E-state index contributed by atoms with van der Waals surface area (Å²) in [4.78, 5) is -0.362. The predicted molar refractivity (Wildman–Crippen MR) is 101 cm³/mol. The molecule has 5 N–H and O–H groups in total. The molecule has 0 atom stereocenters. The van der Waals surface area contributed by atoms with E-state index in [2.05, 4.69) is 4.72 Å². The van der Waals surface area contributed by atoms with Crippen LogP contribution in [0.3, 0.4) is 0 Å². The fraction of sp³-hybridized carbons (Fsp3) is 0.200. The van der Waals surface area contributed by atoms with Crippen LogP contribution in [0.25, 0.3) is 0 Å². The van der Waals surface area contributed by atoms with Crippen molar-refractivity contribution < 1.29 is 21.6 Å². The van der Waals surface area contributed by atoms with Crippen LogP contribution >= 0.6 is 11.6 Å². The zero-order valence-corrected chi connectivity index (χ0v) is 16.2. The maximum Gasteiger partial charge on any atom is 0.240 e. The maximum atomic E-state index is 12.4. The van der Waals surface area contributed by atoms with E-state index in [1.165, 1.54) is 19.2 Å². The molecule has 0 unspecified atom stereocenters. The number of aryl methyl sites for hydroxylation is 1. The van der Waals surface area contributed by atoms with E-state index in [4.69, 9.17) is 27.2 Å². The van der Waals surface area contributed by atoms with Crippen LogP contribution in [-0.4, -0.2) is 29.7 Å². The first-order valence-corrected chi connectivity index (χ1v) is 10.8. The largest absolute Gasteiger partial charge is 0.496 e.